The first kappa shape index (κ1) is 16.4. The van der Waals surface area contributed by atoms with Gasteiger partial charge in [0.2, 0.25) is 0 Å². The minimum absolute atomic E-state index is 0.519. The molecule has 1 heterocycles. The van der Waals surface area contributed by atoms with Crippen LogP contribution in [0.25, 0.3) is 0 Å². The number of rotatable bonds is 7. The zero-order chi connectivity index (χ0) is 14.2. The first-order valence-corrected chi connectivity index (χ1v) is 8.96. The summed E-state index contributed by atoms with van der Waals surface area (Å²) in [6, 6.07) is 2.02. The van der Waals surface area contributed by atoms with Crippen molar-refractivity contribution < 1.29 is 4.74 Å². The fraction of sp³-hybridized carbons (Fsp3) is 0.667. The van der Waals surface area contributed by atoms with Crippen LogP contribution in [0.1, 0.15) is 44.2 Å². The summed E-state index contributed by atoms with van der Waals surface area (Å²) in [6.45, 7) is 2.63. The van der Waals surface area contributed by atoms with Crippen LogP contribution in [0.2, 0.25) is 0 Å². The fourth-order valence-corrected chi connectivity index (χ4v) is 3.59. The number of nitrogens with zero attached hydrogens (tertiary/aromatic N) is 1. The quantitative estimate of drug-likeness (QED) is 0.681. The molecular formula is C15H22Br2N2O. The standard InChI is InChI=1S/C15H22Br2N2O/c16-12-9-14(17)15(19-10-12)11-18-7-4-8-20-13-5-2-1-3-6-13/h9-10,13,18H,1-8,11H2. The van der Waals surface area contributed by atoms with Gasteiger partial charge in [0.1, 0.15) is 0 Å². The summed E-state index contributed by atoms with van der Waals surface area (Å²) in [4.78, 5) is 4.38. The Labute approximate surface area is 138 Å². The monoisotopic (exact) mass is 404 g/mol. The van der Waals surface area contributed by atoms with Gasteiger partial charge in [-0.25, -0.2) is 0 Å². The molecule has 0 saturated heterocycles. The molecule has 3 nitrogen and oxygen atoms in total. The third-order valence-corrected chi connectivity index (χ3v) is 4.70. The van der Waals surface area contributed by atoms with E-state index in [-0.39, 0.29) is 0 Å². The summed E-state index contributed by atoms with van der Waals surface area (Å²) in [6.07, 6.45) is 9.98. The lowest BCUT2D eigenvalue weighted by atomic mass is 9.98. The van der Waals surface area contributed by atoms with Crippen LogP contribution in [0.5, 0.6) is 0 Å². The number of ether oxygens (including phenoxy) is 1. The Balaban J connectivity index is 1.55. The Bertz CT molecular complexity index is 409. The van der Waals surface area contributed by atoms with E-state index >= 15 is 0 Å². The molecule has 0 aliphatic heterocycles. The molecule has 5 heteroatoms. The molecule has 0 amide bonds. The van der Waals surface area contributed by atoms with E-state index in [1.165, 1.54) is 32.1 Å². The minimum Gasteiger partial charge on any atom is -0.378 e. The molecule has 0 radical (unpaired) electrons. The van der Waals surface area contributed by atoms with Gasteiger partial charge in [0.15, 0.2) is 0 Å². The number of hydrogen-bond donors (Lipinski definition) is 1. The van der Waals surface area contributed by atoms with E-state index in [0.717, 1.165) is 40.8 Å². The van der Waals surface area contributed by atoms with Crippen molar-refractivity contribution in [2.24, 2.45) is 0 Å². The Morgan fingerprint density at radius 1 is 1.25 bits per heavy atom. The number of pyridine rings is 1. The topological polar surface area (TPSA) is 34.2 Å². The van der Waals surface area contributed by atoms with Crippen LogP contribution in [-0.2, 0) is 11.3 Å². The predicted molar refractivity (Wildman–Crippen MR) is 88.8 cm³/mol. The minimum atomic E-state index is 0.519. The lowest BCUT2D eigenvalue weighted by Crippen LogP contribution is -2.21. The normalized spacial score (nSPS) is 16.5. The number of hydrogen-bond acceptors (Lipinski definition) is 3. The summed E-state index contributed by atoms with van der Waals surface area (Å²) in [5, 5.41) is 3.41. The van der Waals surface area contributed by atoms with E-state index in [9.17, 15) is 0 Å². The zero-order valence-electron chi connectivity index (χ0n) is 11.7. The van der Waals surface area contributed by atoms with E-state index in [2.05, 4.69) is 42.2 Å². The molecule has 0 bridgehead atoms. The molecule has 1 aliphatic rings. The molecule has 1 aliphatic carbocycles. The van der Waals surface area contributed by atoms with Gasteiger partial charge in [-0.3, -0.25) is 4.98 Å². The average Bonchev–Trinajstić information content (AvgIpc) is 2.46. The predicted octanol–water partition coefficient (Wildman–Crippen LogP) is 4.44. The maximum absolute atomic E-state index is 5.90. The van der Waals surface area contributed by atoms with E-state index in [1.807, 2.05) is 12.3 Å². The SMILES string of the molecule is Brc1cnc(CNCCCOC2CCCCC2)c(Br)c1. The van der Waals surface area contributed by atoms with E-state index in [0.29, 0.717) is 6.10 Å². The summed E-state index contributed by atoms with van der Waals surface area (Å²) < 4.78 is 7.94. The van der Waals surface area contributed by atoms with Crippen LogP contribution in [0.15, 0.2) is 21.2 Å². The van der Waals surface area contributed by atoms with E-state index < -0.39 is 0 Å². The number of nitrogens with one attached hydrogen (secondary N) is 1. The highest BCUT2D eigenvalue weighted by atomic mass is 79.9. The largest absolute Gasteiger partial charge is 0.378 e. The van der Waals surface area contributed by atoms with E-state index in [1.54, 1.807) is 0 Å². The van der Waals surface area contributed by atoms with Gasteiger partial charge in [-0.2, -0.15) is 0 Å². The lowest BCUT2D eigenvalue weighted by molar-refractivity contribution is 0.0273. The molecule has 112 valence electrons. The Morgan fingerprint density at radius 3 is 2.80 bits per heavy atom. The first-order valence-electron chi connectivity index (χ1n) is 7.38. The lowest BCUT2D eigenvalue weighted by Gasteiger charge is -2.21. The molecule has 0 atom stereocenters. The molecule has 1 aromatic heterocycles. The van der Waals surface area contributed by atoms with Crippen LogP contribution in [0.3, 0.4) is 0 Å². The zero-order valence-corrected chi connectivity index (χ0v) is 14.9. The maximum Gasteiger partial charge on any atom is 0.0684 e. The highest BCUT2D eigenvalue weighted by Gasteiger charge is 2.12. The van der Waals surface area contributed by atoms with Gasteiger partial charge in [0, 0.05) is 28.3 Å². The van der Waals surface area contributed by atoms with Crippen molar-refractivity contribution in [2.75, 3.05) is 13.2 Å². The summed E-state index contributed by atoms with van der Waals surface area (Å²) in [7, 11) is 0. The second-order valence-electron chi connectivity index (χ2n) is 5.24. The highest BCUT2D eigenvalue weighted by molar-refractivity contribution is 9.11. The molecule has 0 unspecified atom stereocenters. The van der Waals surface area contributed by atoms with Crippen molar-refractivity contribution in [3.8, 4) is 0 Å². The van der Waals surface area contributed by atoms with Gasteiger partial charge in [0.05, 0.1) is 11.8 Å². The third kappa shape index (κ3) is 5.80. The first-order chi connectivity index (χ1) is 9.75. The Kier molecular flexibility index (Phi) is 7.49. The second-order valence-corrected chi connectivity index (χ2v) is 7.01. The van der Waals surface area contributed by atoms with Crippen molar-refractivity contribution in [3.63, 3.8) is 0 Å². The van der Waals surface area contributed by atoms with Gasteiger partial charge in [-0.15, -0.1) is 0 Å². The van der Waals surface area contributed by atoms with Crippen LogP contribution in [0, 0.1) is 0 Å². The smallest absolute Gasteiger partial charge is 0.0684 e. The van der Waals surface area contributed by atoms with E-state index in [4.69, 9.17) is 4.74 Å². The molecule has 1 fully saturated rings. The molecule has 1 saturated carbocycles. The Hall–Kier alpha value is 0.0300. The van der Waals surface area contributed by atoms with Crippen molar-refractivity contribution in [1.29, 1.82) is 0 Å². The summed E-state index contributed by atoms with van der Waals surface area (Å²) >= 11 is 6.93. The third-order valence-electron chi connectivity index (χ3n) is 3.58. The van der Waals surface area contributed by atoms with Gasteiger partial charge in [0.25, 0.3) is 0 Å². The van der Waals surface area contributed by atoms with Crippen LogP contribution in [0.4, 0.5) is 0 Å². The fourth-order valence-electron chi connectivity index (χ4n) is 2.46. The second kappa shape index (κ2) is 9.13. The van der Waals surface area contributed by atoms with Gasteiger partial charge >= 0.3 is 0 Å². The van der Waals surface area contributed by atoms with Crippen molar-refractivity contribution in [2.45, 2.75) is 51.2 Å². The summed E-state index contributed by atoms with van der Waals surface area (Å²) in [5.74, 6) is 0. The molecular weight excluding hydrogens is 384 g/mol. The maximum atomic E-state index is 5.90. The van der Waals surface area contributed by atoms with Crippen molar-refractivity contribution >= 4 is 31.9 Å². The van der Waals surface area contributed by atoms with Crippen LogP contribution in [-0.4, -0.2) is 24.2 Å². The van der Waals surface area contributed by atoms with Gasteiger partial charge < -0.3 is 10.1 Å². The van der Waals surface area contributed by atoms with Crippen molar-refractivity contribution in [3.05, 3.63) is 26.9 Å². The van der Waals surface area contributed by atoms with Gasteiger partial charge in [-0.05, 0) is 63.7 Å². The molecule has 0 aromatic carbocycles. The van der Waals surface area contributed by atoms with Crippen molar-refractivity contribution in [1.82, 2.24) is 10.3 Å². The highest BCUT2D eigenvalue weighted by Crippen LogP contribution is 2.20. The number of halogens is 2. The van der Waals surface area contributed by atoms with Crippen LogP contribution < -0.4 is 5.32 Å². The average molecular weight is 406 g/mol. The molecule has 2 rings (SSSR count). The van der Waals surface area contributed by atoms with Gasteiger partial charge in [-0.1, -0.05) is 19.3 Å². The molecule has 1 aromatic rings. The molecule has 0 spiro atoms. The Morgan fingerprint density at radius 2 is 2.05 bits per heavy atom. The molecule has 1 N–H and O–H groups in total. The number of aromatic nitrogens is 1. The van der Waals surface area contributed by atoms with Crippen LogP contribution >= 0.6 is 31.9 Å². The summed E-state index contributed by atoms with van der Waals surface area (Å²) in [5.41, 5.74) is 1.04. The molecule has 20 heavy (non-hydrogen) atoms.